The van der Waals surface area contributed by atoms with Crippen LogP contribution in [0.3, 0.4) is 0 Å². The Hall–Kier alpha value is -0.370. The van der Waals surface area contributed by atoms with Gasteiger partial charge in [0, 0.05) is 5.38 Å². The summed E-state index contributed by atoms with van der Waals surface area (Å²) < 4.78 is 0. The lowest BCUT2D eigenvalue weighted by atomic mass is 10.2. The molecule has 50 valence electrons. The summed E-state index contributed by atoms with van der Waals surface area (Å²) in [6, 6.07) is 0. The van der Waals surface area contributed by atoms with Gasteiger partial charge in [-0.1, -0.05) is 13.8 Å². The molecule has 0 radical (unpaired) electrons. The fourth-order valence-corrected chi connectivity index (χ4v) is 1.42. The summed E-state index contributed by atoms with van der Waals surface area (Å²) in [5, 5.41) is 3.29. The molecule has 0 N–H and O–H groups in total. The summed E-state index contributed by atoms with van der Waals surface area (Å²) in [6.07, 6.45) is 0. The molecule has 0 aliphatic heterocycles. The molecule has 0 aromatic carbocycles. The first-order chi connectivity index (χ1) is 4.20. The first-order valence-corrected chi connectivity index (χ1v) is 4.00. The van der Waals surface area contributed by atoms with Crippen LogP contribution in [-0.2, 0) is 0 Å². The smallest absolute Gasteiger partial charge is 0.0897 e. The van der Waals surface area contributed by atoms with E-state index in [9.17, 15) is 0 Å². The van der Waals surface area contributed by atoms with E-state index in [-0.39, 0.29) is 0 Å². The summed E-state index contributed by atoms with van der Waals surface area (Å²) in [7, 11) is 0. The van der Waals surface area contributed by atoms with Crippen molar-refractivity contribution >= 4 is 11.3 Å². The SMILES string of the molecule is Cc1nc(C(C)C)cs1. The summed E-state index contributed by atoms with van der Waals surface area (Å²) >= 11 is 1.72. The van der Waals surface area contributed by atoms with Gasteiger partial charge in [-0.2, -0.15) is 0 Å². The van der Waals surface area contributed by atoms with Gasteiger partial charge >= 0.3 is 0 Å². The summed E-state index contributed by atoms with van der Waals surface area (Å²) in [4.78, 5) is 4.33. The molecule has 0 bridgehead atoms. The highest BCUT2D eigenvalue weighted by Gasteiger charge is 2.00. The van der Waals surface area contributed by atoms with Crippen LogP contribution in [0.2, 0.25) is 0 Å². The average Bonchev–Trinajstić information content (AvgIpc) is 2.14. The Morgan fingerprint density at radius 3 is 2.44 bits per heavy atom. The first-order valence-electron chi connectivity index (χ1n) is 3.12. The van der Waals surface area contributed by atoms with Crippen LogP contribution in [0.1, 0.15) is 30.5 Å². The van der Waals surface area contributed by atoms with Crippen molar-refractivity contribution < 1.29 is 0 Å². The third-order valence-electron chi connectivity index (χ3n) is 1.23. The molecule has 0 aliphatic carbocycles. The monoisotopic (exact) mass is 141 g/mol. The van der Waals surface area contributed by atoms with Crippen LogP contribution in [0, 0.1) is 6.92 Å². The molecular formula is C7H11NS. The quantitative estimate of drug-likeness (QED) is 0.585. The van der Waals surface area contributed by atoms with Gasteiger partial charge in [-0.3, -0.25) is 0 Å². The summed E-state index contributed by atoms with van der Waals surface area (Å²) in [5.74, 6) is 0.579. The summed E-state index contributed by atoms with van der Waals surface area (Å²) in [5.41, 5.74) is 1.22. The number of aryl methyl sites for hydroxylation is 1. The van der Waals surface area contributed by atoms with E-state index < -0.39 is 0 Å². The predicted octanol–water partition coefficient (Wildman–Crippen LogP) is 2.57. The van der Waals surface area contributed by atoms with Crippen LogP contribution in [-0.4, -0.2) is 4.98 Å². The molecule has 0 saturated carbocycles. The lowest BCUT2D eigenvalue weighted by Gasteiger charge is -1.95. The highest BCUT2D eigenvalue weighted by atomic mass is 32.1. The molecule has 0 spiro atoms. The van der Waals surface area contributed by atoms with Crippen molar-refractivity contribution in [3.8, 4) is 0 Å². The zero-order valence-corrected chi connectivity index (χ0v) is 6.83. The molecule has 0 fully saturated rings. The first kappa shape index (κ1) is 6.75. The minimum Gasteiger partial charge on any atom is -0.246 e. The minimum atomic E-state index is 0.579. The Labute approximate surface area is 59.8 Å². The fourth-order valence-electron chi connectivity index (χ4n) is 0.645. The standard InChI is InChI=1S/C7H11NS/c1-5(2)7-4-9-6(3)8-7/h4-5H,1-3H3. The molecule has 0 saturated heterocycles. The second-order valence-corrected chi connectivity index (χ2v) is 3.51. The molecule has 9 heavy (non-hydrogen) atoms. The molecular weight excluding hydrogens is 130 g/mol. The number of thiazole rings is 1. The van der Waals surface area contributed by atoms with Crippen molar-refractivity contribution in [2.24, 2.45) is 0 Å². The highest BCUT2D eigenvalue weighted by molar-refractivity contribution is 7.09. The van der Waals surface area contributed by atoms with E-state index in [4.69, 9.17) is 0 Å². The van der Waals surface area contributed by atoms with Gasteiger partial charge in [-0.25, -0.2) is 4.98 Å². The zero-order chi connectivity index (χ0) is 6.85. The average molecular weight is 141 g/mol. The molecule has 1 heterocycles. The molecule has 1 rings (SSSR count). The Balaban J connectivity index is 2.85. The second-order valence-electron chi connectivity index (χ2n) is 2.45. The Morgan fingerprint density at radius 2 is 2.22 bits per heavy atom. The van der Waals surface area contributed by atoms with Crippen molar-refractivity contribution in [1.29, 1.82) is 0 Å². The van der Waals surface area contributed by atoms with Gasteiger partial charge in [0.2, 0.25) is 0 Å². The Bertz CT molecular complexity index is 191. The van der Waals surface area contributed by atoms with E-state index in [1.165, 1.54) is 10.7 Å². The number of aromatic nitrogens is 1. The summed E-state index contributed by atoms with van der Waals surface area (Å²) in [6.45, 7) is 6.36. The van der Waals surface area contributed by atoms with Crippen molar-refractivity contribution in [1.82, 2.24) is 4.98 Å². The maximum absolute atomic E-state index is 4.33. The van der Waals surface area contributed by atoms with Crippen molar-refractivity contribution in [3.63, 3.8) is 0 Å². The Morgan fingerprint density at radius 1 is 1.56 bits per heavy atom. The van der Waals surface area contributed by atoms with E-state index in [1.54, 1.807) is 11.3 Å². The fraction of sp³-hybridized carbons (Fsp3) is 0.571. The molecule has 1 aromatic heterocycles. The van der Waals surface area contributed by atoms with Crippen molar-refractivity contribution in [2.45, 2.75) is 26.7 Å². The van der Waals surface area contributed by atoms with Crippen LogP contribution < -0.4 is 0 Å². The van der Waals surface area contributed by atoms with Gasteiger partial charge in [0.05, 0.1) is 10.7 Å². The predicted molar refractivity (Wildman–Crippen MR) is 40.9 cm³/mol. The molecule has 1 nitrogen and oxygen atoms in total. The van der Waals surface area contributed by atoms with E-state index in [0.717, 1.165) is 0 Å². The van der Waals surface area contributed by atoms with Crippen LogP contribution in [0.5, 0.6) is 0 Å². The molecule has 2 heteroatoms. The number of hydrogen-bond donors (Lipinski definition) is 0. The van der Waals surface area contributed by atoms with Crippen LogP contribution in [0.4, 0.5) is 0 Å². The van der Waals surface area contributed by atoms with Crippen molar-refractivity contribution in [2.75, 3.05) is 0 Å². The number of hydrogen-bond acceptors (Lipinski definition) is 2. The molecule has 0 aliphatic rings. The van der Waals surface area contributed by atoms with Crippen LogP contribution >= 0.6 is 11.3 Å². The maximum Gasteiger partial charge on any atom is 0.0897 e. The molecule has 0 unspecified atom stereocenters. The third-order valence-corrected chi connectivity index (χ3v) is 2.02. The van der Waals surface area contributed by atoms with Crippen molar-refractivity contribution in [3.05, 3.63) is 16.1 Å². The van der Waals surface area contributed by atoms with E-state index in [1.807, 2.05) is 6.92 Å². The van der Waals surface area contributed by atoms with Gasteiger partial charge in [-0.15, -0.1) is 11.3 Å². The van der Waals surface area contributed by atoms with Gasteiger partial charge < -0.3 is 0 Å². The second kappa shape index (κ2) is 2.48. The van der Waals surface area contributed by atoms with Gasteiger partial charge in [-0.05, 0) is 12.8 Å². The maximum atomic E-state index is 4.33. The number of rotatable bonds is 1. The van der Waals surface area contributed by atoms with E-state index >= 15 is 0 Å². The lowest BCUT2D eigenvalue weighted by Crippen LogP contribution is -1.85. The van der Waals surface area contributed by atoms with Crippen LogP contribution in [0.15, 0.2) is 5.38 Å². The molecule has 0 atom stereocenters. The zero-order valence-electron chi connectivity index (χ0n) is 6.01. The van der Waals surface area contributed by atoms with Gasteiger partial charge in [0.1, 0.15) is 0 Å². The van der Waals surface area contributed by atoms with Crippen LogP contribution in [0.25, 0.3) is 0 Å². The van der Waals surface area contributed by atoms with Gasteiger partial charge in [0.25, 0.3) is 0 Å². The van der Waals surface area contributed by atoms with Gasteiger partial charge in [0.15, 0.2) is 0 Å². The normalized spacial score (nSPS) is 10.7. The molecule has 0 amide bonds. The Kier molecular flexibility index (Phi) is 1.86. The lowest BCUT2D eigenvalue weighted by molar-refractivity contribution is 0.829. The van der Waals surface area contributed by atoms with E-state index in [2.05, 4.69) is 24.2 Å². The minimum absolute atomic E-state index is 0.579. The van der Waals surface area contributed by atoms with E-state index in [0.29, 0.717) is 5.92 Å². The largest absolute Gasteiger partial charge is 0.246 e. The third kappa shape index (κ3) is 1.52. The highest BCUT2D eigenvalue weighted by Crippen LogP contribution is 2.16. The molecule has 1 aromatic rings. The number of nitrogens with zero attached hydrogens (tertiary/aromatic N) is 1. The topological polar surface area (TPSA) is 12.9 Å².